The second-order valence-corrected chi connectivity index (χ2v) is 3.70. The summed E-state index contributed by atoms with van der Waals surface area (Å²) in [7, 11) is 6.00. The van der Waals surface area contributed by atoms with Crippen LogP contribution in [0.2, 0.25) is 0 Å². The maximum atomic E-state index is 5.29. The van der Waals surface area contributed by atoms with Gasteiger partial charge in [-0.25, -0.2) is 0 Å². The smallest absolute Gasteiger partial charge is 0.127 e. The average Bonchev–Trinajstić information content (AvgIpc) is 2.03. The molecule has 0 aliphatic carbocycles. The standard InChI is InChI=1S/C11H17NO/c1-9-5-6-11(13-4)10(7-9)8-12(2)3/h5-7H,8H2,1-4H3/p+1. The van der Waals surface area contributed by atoms with Crippen LogP contribution in [0.25, 0.3) is 0 Å². The minimum Gasteiger partial charge on any atom is -0.496 e. The van der Waals surface area contributed by atoms with Gasteiger partial charge in [0.25, 0.3) is 0 Å². The summed E-state index contributed by atoms with van der Waals surface area (Å²) in [5, 5.41) is 0. The van der Waals surface area contributed by atoms with Crippen molar-refractivity contribution in [2.24, 2.45) is 0 Å². The Morgan fingerprint density at radius 1 is 1.31 bits per heavy atom. The highest BCUT2D eigenvalue weighted by atomic mass is 16.5. The van der Waals surface area contributed by atoms with Gasteiger partial charge in [-0.05, 0) is 19.1 Å². The Kier molecular flexibility index (Phi) is 3.32. The van der Waals surface area contributed by atoms with Crippen LogP contribution in [0, 0.1) is 6.92 Å². The lowest BCUT2D eigenvalue weighted by Crippen LogP contribution is -3.04. The van der Waals surface area contributed by atoms with Crippen LogP contribution in [0.15, 0.2) is 18.2 Å². The molecule has 2 nitrogen and oxygen atoms in total. The second kappa shape index (κ2) is 4.28. The van der Waals surface area contributed by atoms with Crippen molar-refractivity contribution in [3.8, 4) is 5.75 Å². The van der Waals surface area contributed by atoms with Gasteiger partial charge in [0.05, 0.1) is 21.2 Å². The van der Waals surface area contributed by atoms with E-state index in [1.807, 2.05) is 6.07 Å². The predicted octanol–water partition coefficient (Wildman–Crippen LogP) is 0.648. The normalized spacial score (nSPS) is 10.5. The van der Waals surface area contributed by atoms with E-state index in [4.69, 9.17) is 4.74 Å². The molecule has 1 aromatic rings. The molecule has 1 rings (SSSR count). The van der Waals surface area contributed by atoms with Gasteiger partial charge >= 0.3 is 0 Å². The Balaban J connectivity index is 2.94. The van der Waals surface area contributed by atoms with E-state index in [1.165, 1.54) is 16.0 Å². The highest BCUT2D eigenvalue weighted by molar-refractivity contribution is 5.36. The van der Waals surface area contributed by atoms with Crippen molar-refractivity contribution in [2.75, 3.05) is 21.2 Å². The first-order valence-corrected chi connectivity index (χ1v) is 4.56. The number of nitrogens with one attached hydrogen (secondary N) is 1. The van der Waals surface area contributed by atoms with E-state index in [0.717, 1.165) is 12.3 Å². The Hall–Kier alpha value is -1.02. The first kappa shape index (κ1) is 10.1. The Labute approximate surface area is 80.1 Å². The molecule has 13 heavy (non-hydrogen) atoms. The van der Waals surface area contributed by atoms with Gasteiger partial charge in [0.2, 0.25) is 0 Å². The van der Waals surface area contributed by atoms with Crippen LogP contribution in [0.1, 0.15) is 11.1 Å². The number of hydrogen-bond donors (Lipinski definition) is 1. The lowest BCUT2D eigenvalue weighted by atomic mass is 10.1. The zero-order chi connectivity index (χ0) is 9.84. The second-order valence-electron chi connectivity index (χ2n) is 3.70. The molecular weight excluding hydrogens is 162 g/mol. The van der Waals surface area contributed by atoms with Gasteiger partial charge < -0.3 is 9.64 Å². The van der Waals surface area contributed by atoms with Gasteiger partial charge in [-0.3, -0.25) is 0 Å². The first-order chi connectivity index (χ1) is 6.13. The molecule has 0 atom stereocenters. The van der Waals surface area contributed by atoms with Gasteiger partial charge in [-0.1, -0.05) is 11.6 Å². The molecule has 0 unspecified atom stereocenters. The zero-order valence-corrected chi connectivity index (χ0v) is 8.85. The van der Waals surface area contributed by atoms with E-state index >= 15 is 0 Å². The van der Waals surface area contributed by atoms with E-state index in [-0.39, 0.29) is 0 Å². The van der Waals surface area contributed by atoms with Crippen molar-refractivity contribution >= 4 is 0 Å². The molecule has 0 aliphatic rings. The van der Waals surface area contributed by atoms with Crippen LogP contribution in [-0.4, -0.2) is 21.2 Å². The monoisotopic (exact) mass is 180 g/mol. The lowest BCUT2D eigenvalue weighted by Gasteiger charge is -2.11. The van der Waals surface area contributed by atoms with Gasteiger partial charge in [0, 0.05) is 5.56 Å². The van der Waals surface area contributed by atoms with Crippen LogP contribution >= 0.6 is 0 Å². The molecule has 0 saturated heterocycles. The van der Waals surface area contributed by atoms with E-state index < -0.39 is 0 Å². The summed E-state index contributed by atoms with van der Waals surface area (Å²) in [6.45, 7) is 3.11. The van der Waals surface area contributed by atoms with E-state index in [0.29, 0.717) is 0 Å². The number of methoxy groups -OCH3 is 1. The molecule has 2 heteroatoms. The number of hydrogen-bond acceptors (Lipinski definition) is 1. The summed E-state index contributed by atoms with van der Waals surface area (Å²) in [5.74, 6) is 0.992. The molecule has 0 bridgehead atoms. The lowest BCUT2D eigenvalue weighted by molar-refractivity contribution is -0.872. The molecule has 0 radical (unpaired) electrons. The van der Waals surface area contributed by atoms with Gasteiger partial charge in [-0.15, -0.1) is 0 Å². The molecular formula is C11H18NO+. The van der Waals surface area contributed by atoms with Crippen LogP contribution in [0.3, 0.4) is 0 Å². The average molecular weight is 180 g/mol. The Morgan fingerprint density at radius 3 is 2.54 bits per heavy atom. The first-order valence-electron chi connectivity index (χ1n) is 4.56. The summed E-state index contributed by atoms with van der Waals surface area (Å²) >= 11 is 0. The fraction of sp³-hybridized carbons (Fsp3) is 0.455. The number of rotatable bonds is 3. The van der Waals surface area contributed by atoms with Gasteiger partial charge in [0.1, 0.15) is 12.3 Å². The molecule has 1 N–H and O–H groups in total. The summed E-state index contributed by atoms with van der Waals surface area (Å²) in [6.07, 6.45) is 0. The van der Waals surface area contributed by atoms with Crippen molar-refractivity contribution in [2.45, 2.75) is 13.5 Å². The molecule has 0 saturated carbocycles. The van der Waals surface area contributed by atoms with Crippen molar-refractivity contribution in [1.82, 2.24) is 0 Å². The Bertz CT molecular complexity index is 281. The molecule has 0 amide bonds. The van der Waals surface area contributed by atoms with E-state index in [9.17, 15) is 0 Å². The fourth-order valence-electron chi connectivity index (χ4n) is 1.43. The SMILES string of the molecule is COc1ccc(C)cc1C[NH+](C)C. The fourth-order valence-corrected chi connectivity index (χ4v) is 1.43. The zero-order valence-electron chi connectivity index (χ0n) is 8.85. The van der Waals surface area contributed by atoms with Crippen molar-refractivity contribution in [3.05, 3.63) is 29.3 Å². The van der Waals surface area contributed by atoms with Crippen molar-refractivity contribution < 1.29 is 9.64 Å². The number of benzene rings is 1. The minimum absolute atomic E-state index is 0.992. The van der Waals surface area contributed by atoms with Crippen LogP contribution in [0.5, 0.6) is 5.75 Å². The maximum Gasteiger partial charge on any atom is 0.127 e. The number of ether oxygens (including phenoxy) is 1. The molecule has 72 valence electrons. The number of aryl methyl sites for hydroxylation is 1. The third-order valence-corrected chi connectivity index (χ3v) is 1.98. The van der Waals surface area contributed by atoms with Crippen LogP contribution in [-0.2, 0) is 6.54 Å². The quantitative estimate of drug-likeness (QED) is 0.721. The van der Waals surface area contributed by atoms with Gasteiger partial charge in [-0.2, -0.15) is 0 Å². The summed E-state index contributed by atoms with van der Waals surface area (Å²) in [6, 6.07) is 6.30. The maximum absolute atomic E-state index is 5.29. The third-order valence-electron chi connectivity index (χ3n) is 1.98. The molecule has 0 aromatic heterocycles. The highest BCUT2D eigenvalue weighted by Gasteiger charge is 2.05. The topological polar surface area (TPSA) is 13.7 Å². The Morgan fingerprint density at radius 2 is 2.00 bits per heavy atom. The summed E-state index contributed by atoms with van der Waals surface area (Å²) < 4.78 is 5.29. The largest absolute Gasteiger partial charge is 0.496 e. The number of quaternary nitrogens is 1. The molecule has 0 fully saturated rings. The summed E-state index contributed by atoms with van der Waals surface area (Å²) in [4.78, 5) is 1.41. The van der Waals surface area contributed by atoms with E-state index in [2.05, 4.69) is 33.2 Å². The van der Waals surface area contributed by atoms with Crippen LogP contribution in [0.4, 0.5) is 0 Å². The third kappa shape index (κ3) is 2.74. The minimum atomic E-state index is 0.992. The molecule has 0 aliphatic heterocycles. The molecule has 0 spiro atoms. The predicted molar refractivity (Wildman–Crippen MR) is 54.2 cm³/mol. The highest BCUT2D eigenvalue weighted by Crippen LogP contribution is 2.18. The van der Waals surface area contributed by atoms with E-state index in [1.54, 1.807) is 7.11 Å². The van der Waals surface area contributed by atoms with Gasteiger partial charge in [0.15, 0.2) is 0 Å². The van der Waals surface area contributed by atoms with Crippen molar-refractivity contribution in [1.29, 1.82) is 0 Å². The van der Waals surface area contributed by atoms with Crippen LogP contribution < -0.4 is 9.64 Å². The summed E-state index contributed by atoms with van der Waals surface area (Å²) in [5.41, 5.74) is 2.57. The van der Waals surface area contributed by atoms with Crippen molar-refractivity contribution in [3.63, 3.8) is 0 Å². The molecule has 1 aromatic carbocycles. The molecule has 0 heterocycles.